The number of nitrogens with one attached hydrogen (secondary N) is 1. The minimum atomic E-state index is -3.50. The average Bonchev–Trinajstić information content (AvgIpc) is 3.01. The van der Waals surface area contributed by atoms with Gasteiger partial charge in [0.05, 0.1) is 5.02 Å². The van der Waals surface area contributed by atoms with E-state index in [4.69, 9.17) is 11.6 Å². The molecule has 0 saturated carbocycles. The van der Waals surface area contributed by atoms with Crippen molar-refractivity contribution in [1.82, 2.24) is 14.5 Å². The zero-order valence-electron chi connectivity index (χ0n) is 13.2. The highest BCUT2D eigenvalue weighted by Gasteiger charge is 2.32. The second-order valence-electron chi connectivity index (χ2n) is 6.02. The van der Waals surface area contributed by atoms with Crippen molar-refractivity contribution >= 4 is 34.0 Å². The Labute approximate surface area is 149 Å². The number of nitrogens with zero attached hydrogens (tertiary/aromatic N) is 2. The van der Waals surface area contributed by atoms with E-state index >= 15 is 0 Å². The van der Waals surface area contributed by atoms with Gasteiger partial charge in [-0.3, -0.25) is 4.90 Å². The average molecular weight is 380 g/mol. The number of hydrogen-bond donors (Lipinski definition) is 1. The Hall–Kier alpha value is -0.370. The molecular formula is C15H23Cl2N3O2S. The van der Waals surface area contributed by atoms with Crippen LogP contribution in [0, 0.1) is 6.92 Å². The summed E-state index contributed by atoms with van der Waals surface area (Å²) < 4.78 is 27.1. The number of rotatable bonds is 3. The molecule has 0 amide bonds. The zero-order valence-corrected chi connectivity index (χ0v) is 15.6. The molecule has 0 bridgehead atoms. The van der Waals surface area contributed by atoms with Crippen molar-refractivity contribution in [2.75, 3.05) is 39.3 Å². The number of sulfonamides is 1. The molecule has 2 aliphatic heterocycles. The van der Waals surface area contributed by atoms with Crippen molar-refractivity contribution in [1.29, 1.82) is 0 Å². The Morgan fingerprint density at radius 3 is 2.48 bits per heavy atom. The van der Waals surface area contributed by atoms with Gasteiger partial charge in [0.2, 0.25) is 10.0 Å². The van der Waals surface area contributed by atoms with Gasteiger partial charge in [0.15, 0.2) is 0 Å². The van der Waals surface area contributed by atoms with Crippen LogP contribution in [0.5, 0.6) is 0 Å². The highest BCUT2D eigenvalue weighted by atomic mass is 35.5. The van der Waals surface area contributed by atoms with E-state index in [-0.39, 0.29) is 17.3 Å². The fourth-order valence-corrected chi connectivity index (χ4v) is 5.21. The van der Waals surface area contributed by atoms with Crippen LogP contribution in [0.1, 0.15) is 12.0 Å². The number of hydrogen-bond acceptors (Lipinski definition) is 4. The van der Waals surface area contributed by atoms with Gasteiger partial charge in [-0.05, 0) is 37.6 Å². The minimum Gasteiger partial charge on any atom is -0.315 e. The van der Waals surface area contributed by atoms with Gasteiger partial charge in [0.1, 0.15) is 4.90 Å². The van der Waals surface area contributed by atoms with E-state index in [1.165, 1.54) is 0 Å². The molecule has 23 heavy (non-hydrogen) atoms. The Balaban J connectivity index is 0.00000192. The third-order valence-corrected chi connectivity index (χ3v) is 6.91. The van der Waals surface area contributed by atoms with Gasteiger partial charge < -0.3 is 5.32 Å². The lowest BCUT2D eigenvalue weighted by molar-refractivity contribution is 0.145. The molecule has 0 aromatic heterocycles. The van der Waals surface area contributed by atoms with E-state index in [1.807, 2.05) is 6.92 Å². The van der Waals surface area contributed by atoms with Gasteiger partial charge >= 0.3 is 0 Å². The third-order valence-electron chi connectivity index (χ3n) is 4.53. The van der Waals surface area contributed by atoms with Crippen LogP contribution in [0.3, 0.4) is 0 Å². The monoisotopic (exact) mass is 379 g/mol. The van der Waals surface area contributed by atoms with Gasteiger partial charge in [-0.2, -0.15) is 4.31 Å². The minimum absolute atomic E-state index is 0. The van der Waals surface area contributed by atoms with E-state index in [2.05, 4.69) is 10.2 Å². The summed E-state index contributed by atoms with van der Waals surface area (Å²) in [6.07, 6.45) is 1.15. The first-order valence-corrected chi connectivity index (χ1v) is 9.51. The predicted molar refractivity (Wildman–Crippen MR) is 95.0 cm³/mol. The Bertz CT molecular complexity index is 640. The summed E-state index contributed by atoms with van der Waals surface area (Å²) in [4.78, 5) is 2.61. The van der Waals surface area contributed by atoms with Gasteiger partial charge in [-0.25, -0.2) is 8.42 Å². The maximum absolute atomic E-state index is 12.8. The standard InChI is InChI=1S/C15H22ClN3O2S.ClH/c1-12-2-3-15(14(16)10-12)22(20,21)19-8-6-18(7-9-19)13-4-5-17-11-13;/h2-3,10,13,17H,4-9,11H2,1H3;1H. The van der Waals surface area contributed by atoms with Crippen LogP contribution in [0.25, 0.3) is 0 Å². The van der Waals surface area contributed by atoms with Crippen molar-refractivity contribution < 1.29 is 8.42 Å². The van der Waals surface area contributed by atoms with E-state index in [1.54, 1.807) is 22.5 Å². The molecule has 0 aliphatic carbocycles. The number of benzene rings is 1. The molecule has 1 aromatic rings. The quantitative estimate of drug-likeness (QED) is 0.868. The summed E-state index contributed by atoms with van der Waals surface area (Å²) in [5.41, 5.74) is 0.961. The second kappa shape index (κ2) is 7.68. The van der Waals surface area contributed by atoms with Gasteiger partial charge in [0.25, 0.3) is 0 Å². The number of piperazine rings is 1. The van der Waals surface area contributed by atoms with Crippen molar-refractivity contribution in [3.8, 4) is 0 Å². The number of halogens is 2. The van der Waals surface area contributed by atoms with Crippen LogP contribution in [0.4, 0.5) is 0 Å². The van der Waals surface area contributed by atoms with E-state index in [0.717, 1.165) is 38.2 Å². The molecule has 1 aromatic carbocycles. The molecule has 1 unspecified atom stereocenters. The summed E-state index contributed by atoms with van der Waals surface area (Å²) in [6.45, 7) is 6.60. The van der Waals surface area contributed by atoms with E-state index in [9.17, 15) is 8.42 Å². The molecule has 0 radical (unpaired) electrons. The first-order chi connectivity index (χ1) is 10.5. The summed E-state index contributed by atoms with van der Waals surface area (Å²) in [5.74, 6) is 0. The molecule has 5 nitrogen and oxygen atoms in total. The van der Waals surface area contributed by atoms with Gasteiger partial charge in [-0.15, -0.1) is 12.4 Å². The Morgan fingerprint density at radius 1 is 1.22 bits per heavy atom. The van der Waals surface area contributed by atoms with Crippen LogP contribution < -0.4 is 5.32 Å². The highest BCUT2D eigenvalue weighted by molar-refractivity contribution is 7.89. The first-order valence-electron chi connectivity index (χ1n) is 7.69. The van der Waals surface area contributed by atoms with Crippen LogP contribution in [0.2, 0.25) is 5.02 Å². The van der Waals surface area contributed by atoms with Crippen LogP contribution in [0.15, 0.2) is 23.1 Å². The van der Waals surface area contributed by atoms with E-state index < -0.39 is 10.0 Å². The Kier molecular flexibility index (Phi) is 6.33. The predicted octanol–water partition coefficient (Wildman–Crippen LogP) is 1.74. The molecule has 0 spiro atoms. The van der Waals surface area contributed by atoms with Crippen molar-refractivity contribution in [2.45, 2.75) is 24.3 Å². The maximum Gasteiger partial charge on any atom is 0.244 e. The molecule has 2 fully saturated rings. The van der Waals surface area contributed by atoms with Crippen LogP contribution in [-0.2, 0) is 10.0 Å². The van der Waals surface area contributed by atoms with Gasteiger partial charge in [-0.1, -0.05) is 17.7 Å². The molecule has 130 valence electrons. The fraction of sp³-hybridized carbons (Fsp3) is 0.600. The van der Waals surface area contributed by atoms with Crippen molar-refractivity contribution in [3.05, 3.63) is 28.8 Å². The first kappa shape index (κ1) is 19.0. The molecular weight excluding hydrogens is 357 g/mol. The lowest BCUT2D eigenvalue weighted by atomic mass is 10.2. The smallest absolute Gasteiger partial charge is 0.244 e. The summed E-state index contributed by atoms with van der Waals surface area (Å²) >= 11 is 6.14. The van der Waals surface area contributed by atoms with Gasteiger partial charge in [0, 0.05) is 38.8 Å². The molecule has 1 atom stereocenters. The largest absolute Gasteiger partial charge is 0.315 e. The van der Waals surface area contributed by atoms with Crippen LogP contribution in [-0.4, -0.2) is 62.9 Å². The summed E-state index contributed by atoms with van der Waals surface area (Å²) in [6, 6.07) is 5.65. The molecule has 8 heteroatoms. The Morgan fingerprint density at radius 2 is 1.91 bits per heavy atom. The molecule has 2 aliphatic rings. The zero-order chi connectivity index (χ0) is 15.7. The third kappa shape index (κ3) is 4.00. The molecule has 3 rings (SSSR count). The van der Waals surface area contributed by atoms with E-state index in [0.29, 0.717) is 24.2 Å². The summed E-state index contributed by atoms with van der Waals surface area (Å²) in [5, 5.41) is 3.67. The van der Waals surface area contributed by atoms with Crippen molar-refractivity contribution in [3.63, 3.8) is 0 Å². The lowest BCUT2D eigenvalue weighted by Crippen LogP contribution is -2.52. The SMILES string of the molecule is Cc1ccc(S(=O)(=O)N2CCN(C3CCNC3)CC2)c(Cl)c1.Cl. The molecule has 2 heterocycles. The molecule has 2 saturated heterocycles. The topological polar surface area (TPSA) is 52.7 Å². The second-order valence-corrected chi connectivity index (χ2v) is 8.33. The maximum atomic E-state index is 12.8. The van der Waals surface area contributed by atoms with Crippen molar-refractivity contribution in [2.24, 2.45) is 0 Å². The lowest BCUT2D eigenvalue weighted by Gasteiger charge is -2.37. The van der Waals surface area contributed by atoms with Crippen LogP contribution >= 0.6 is 24.0 Å². The molecule has 1 N–H and O–H groups in total. The highest BCUT2D eigenvalue weighted by Crippen LogP contribution is 2.26. The summed E-state index contributed by atoms with van der Waals surface area (Å²) in [7, 11) is -3.50. The number of aryl methyl sites for hydroxylation is 1. The fourth-order valence-electron chi connectivity index (χ4n) is 3.21. The normalized spacial score (nSPS) is 23.7.